The Bertz CT molecular complexity index is 254. The molecule has 3 N–H and O–H groups in total. The second kappa shape index (κ2) is 5.78. The molecule has 0 bridgehead atoms. The monoisotopic (exact) mass is 192 g/mol. The topological polar surface area (TPSA) is 38.0 Å². The van der Waals surface area contributed by atoms with Crippen molar-refractivity contribution in [1.82, 2.24) is 5.32 Å². The van der Waals surface area contributed by atoms with Crippen molar-refractivity contribution in [3.8, 4) is 0 Å². The molecule has 0 saturated carbocycles. The van der Waals surface area contributed by atoms with Gasteiger partial charge in [0.2, 0.25) is 0 Å². The summed E-state index contributed by atoms with van der Waals surface area (Å²) < 4.78 is 0. The first kappa shape index (κ1) is 11.2. The Balaban J connectivity index is 2.73. The minimum Gasteiger partial charge on any atom is -0.330 e. The number of benzene rings is 1. The van der Waals surface area contributed by atoms with E-state index in [1.165, 1.54) is 11.1 Å². The summed E-state index contributed by atoms with van der Waals surface area (Å²) in [5, 5.41) is 3.17. The Labute approximate surface area is 86.5 Å². The minimum atomic E-state index is 0.436. The Kier molecular flexibility index (Phi) is 4.63. The van der Waals surface area contributed by atoms with Crippen LogP contribution >= 0.6 is 0 Å². The van der Waals surface area contributed by atoms with Crippen molar-refractivity contribution in [2.24, 2.45) is 5.73 Å². The van der Waals surface area contributed by atoms with Crippen molar-refractivity contribution < 1.29 is 0 Å². The van der Waals surface area contributed by atoms with Crippen molar-refractivity contribution in [3.63, 3.8) is 0 Å². The van der Waals surface area contributed by atoms with E-state index >= 15 is 0 Å². The standard InChI is InChI=1S/C12H20N2/c1-3-10-4-6-11(7-5-10)12(8-13)9-14-2/h4-7,12,14H,3,8-9,13H2,1-2H3. The molecular weight excluding hydrogens is 172 g/mol. The summed E-state index contributed by atoms with van der Waals surface area (Å²) in [7, 11) is 1.96. The van der Waals surface area contributed by atoms with Gasteiger partial charge in [-0.1, -0.05) is 31.2 Å². The van der Waals surface area contributed by atoms with E-state index in [-0.39, 0.29) is 0 Å². The number of nitrogens with two attached hydrogens (primary N) is 1. The van der Waals surface area contributed by atoms with Gasteiger partial charge in [-0.05, 0) is 24.6 Å². The molecule has 0 aliphatic carbocycles. The molecule has 0 fully saturated rings. The lowest BCUT2D eigenvalue weighted by atomic mass is 9.97. The molecule has 1 rings (SSSR count). The van der Waals surface area contributed by atoms with Crippen molar-refractivity contribution in [3.05, 3.63) is 35.4 Å². The molecule has 1 aromatic carbocycles. The van der Waals surface area contributed by atoms with Crippen molar-refractivity contribution in [2.45, 2.75) is 19.3 Å². The van der Waals surface area contributed by atoms with Crippen LogP contribution in [0.3, 0.4) is 0 Å². The quantitative estimate of drug-likeness (QED) is 0.742. The van der Waals surface area contributed by atoms with Gasteiger partial charge in [0.25, 0.3) is 0 Å². The average molecular weight is 192 g/mol. The SMILES string of the molecule is CCc1ccc(C(CN)CNC)cc1. The molecule has 1 aromatic rings. The molecule has 78 valence electrons. The third-order valence-corrected chi connectivity index (χ3v) is 2.59. The van der Waals surface area contributed by atoms with Crippen LogP contribution in [0.5, 0.6) is 0 Å². The van der Waals surface area contributed by atoms with E-state index in [1.807, 2.05) is 7.05 Å². The first-order chi connectivity index (χ1) is 6.81. The van der Waals surface area contributed by atoms with Crippen LogP contribution in [0.4, 0.5) is 0 Å². The Morgan fingerprint density at radius 3 is 2.36 bits per heavy atom. The maximum Gasteiger partial charge on any atom is 0.00862 e. The number of hydrogen-bond donors (Lipinski definition) is 2. The van der Waals surface area contributed by atoms with E-state index in [1.54, 1.807) is 0 Å². The summed E-state index contributed by atoms with van der Waals surface area (Å²) in [6.45, 7) is 3.82. The van der Waals surface area contributed by atoms with Crippen molar-refractivity contribution >= 4 is 0 Å². The van der Waals surface area contributed by atoms with Crippen LogP contribution in [0.2, 0.25) is 0 Å². The van der Waals surface area contributed by atoms with Crippen molar-refractivity contribution in [2.75, 3.05) is 20.1 Å². The molecule has 2 nitrogen and oxygen atoms in total. The number of nitrogens with one attached hydrogen (secondary N) is 1. The minimum absolute atomic E-state index is 0.436. The zero-order valence-electron chi connectivity index (χ0n) is 9.09. The molecule has 1 atom stereocenters. The fourth-order valence-corrected chi connectivity index (χ4v) is 1.61. The van der Waals surface area contributed by atoms with Crippen LogP contribution in [0.15, 0.2) is 24.3 Å². The molecular formula is C12H20N2. The second-order valence-electron chi connectivity index (χ2n) is 3.59. The maximum atomic E-state index is 5.72. The predicted molar refractivity (Wildman–Crippen MR) is 61.5 cm³/mol. The summed E-state index contributed by atoms with van der Waals surface area (Å²) in [6, 6.07) is 8.75. The third-order valence-electron chi connectivity index (χ3n) is 2.59. The van der Waals surface area contributed by atoms with Crippen LogP contribution in [0.1, 0.15) is 24.0 Å². The second-order valence-corrected chi connectivity index (χ2v) is 3.59. The molecule has 0 aromatic heterocycles. The molecule has 14 heavy (non-hydrogen) atoms. The summed E-state index contributed by atoms with van der Waals surface area (Å²) in [6.07, 6.45) is 1.10. The predicted octanol–water partition coefficient (Wildman–Crippen LogP) is 1.51. The summed E-state index contributed by atoms with van der Waals surface area (Å²) in [5.41, 5.74) is 8.44. The third kappa shape index (κ3) is 2.82. The number of aryl methyl sites for hydroxylation is 1. The molecule has 0 saturated heterocycles. The molecule has 2 heteroatoms. The van der Waals surface area contributed by atoms with E-state index in [9.17, 15) is 0 Å². The first-order valence-corrected chi connectivity index (χ1v) is 5.25. The van der Waals surface area contributed by atoms with Crippen LogP contribution in [-0.2, 0) is 6.42 Å². The van der Waals surface area contributed by atoms with Gasteiger partial charge in [-0.3, -0.25) is 0 Å². The zero-order chi connectivity index (χ0) is 10.4. The largest absolute Gasteiger partial charge is 0.330 e. The Hall–Kier alpha value is -0.860. The number of hydrogen-bond acceptors (Lipinski definition) is 2. The lowest BCUT2D eigenvalue weighted by molar-refractivity contribution is 0.637. The maximum absolute atomic E-state index is 5.72. The molecule has 0 radical (unpaired) electrons. The van der Waals surface area contributed by atoms with E-state index in [0.29, 0.717) is 12.5 Å². The van der Waals surface area contributed by atoms with Crippen molar-refractivity contribution in [1.29, 1.82) is 0 Å². The fraction of sp³-hybridized carbons (Fsp3) is 0.500. The molecule has 0 spiro atoms. The Morgan fingerprint density at radius 2 is 1.93 bits per heavy atom. The highest BCUT2D eigenvalue weighted by molar-refractivity contribution is 5.25. The smallest absolute Gasteiger partial charge is 0.00862 e. The van der Waals surface area contributed by atoms with Crippen LogP contribution in [-0.4, -0.2) is 20.1 Å². The molecule has 0 aliphatic heterocycles. The summed E-state index contributed by atoms with van der Waals surface area (Å²) in [5.74, 6) is 0.436. The van der Waals surface area contributed by atoms with Gasteiger partial charge in [-0.15, -0.1) is 0 Å². The number of likely N-dealkylation sites (N-methyl/N-ethyl adjacent to an activating group) is 1. The zero-order valence-corrected chi connectivity index (χ0v) is 9.09. The van der Waals surface area contributed by atoms with Gasteiger partial charge in [0, 0.05) is 19.0 Å². The van der Waals surface area contributed by atoms with Crippen LogP contribution < -0.4 is 11.1 Å². The summed E-state index contributed by atoms with van der Waals surface area (Å²) >= 11 is 0. The van der Waals surface area contributed by atoms with E-state index < -0.39 is 0 Å². The van der Waals surface area contributed by atoms with Gasteiger partial charge in [0.05, 0.1) is 0 Å². The average Bonchev–Trinajstić information content (AvgIpc) is 2.26. The highest BCUT2D eigenvalue weighted by Crippen LogP contribution is 2.14. The fourth-order valence-electron chi connectivity index (χ4n) is 1.61. The van der Waals surface area contributed by atoms with Crippen LogP contribution in [0.25, 0.3) is 0 Å². The van der Waals surface area contributed by atoms with Gasteiger partial charge in [0.1, 0.15) is 0 Å². The molecule has 0 amide bonds. The highest BCUT2D eigenvalue weighted by atomic mass is 14.8. The Morgan fingerprint density at radius 1 is 1.29 bits per heavy atom. The highest BCUT2D eigenvalue weighted by Gasteiger charge is 2.07. The van der Waals surface area contributed by atoms with Gasteiger partial charge >= 0.3 is 0 Å². The van der Waals surface area contributed by atoms with Gasteiger partial charge in [-0.2, -0.15) is 0 Å². The van der Waals surface area contributed by atoms with Crippen LogP contribution in [0, 0.1) is 0 Å². The van der Waals surface area contributed by atoms with Gasteiger partial charge in [0.15, 0.2) is 0 Å². The van der Waals surface area contributed by atoms with E-state index in [4.69, 9.17) is 5.73 Å². The van der Waals surface area contributed by atoms with Gasteiger partial charge in [-0.25, -0.2) is 0 Å². The first-order valence-electron chi connectivity index (χ1n) is 5.25. The molecule has 0 aliphatic rings. The normalized spacial score (nSPS) is 12.8. The van der Waals surface area contributed by atoms with Gasteiger partial charge < -0.3 is 11.1 Å². The lowest BCUT2D eigenvalue weighted by Gasteiger charge is -2.14. The lowest BCUT2D eigenvalue weighted by Crippen LogP contribution is -2.23. The van der Waals surface area contributed by atoms with E-state index in [2.05, 4.69) is 36.5 Å². The van der Waals surface area contributed by atoms with E-state index in [0.717, 1.165) is 13.0 Å². The summed E-state index contributed by atoms with van der Waals surface area (Å²) in [4.78, 5) is 0. The molecule has 1 unspecified atom stereocenters. The molecule has 0 heterocycles. The number of rotatable bonds is 5.